The van der Waals surface area contributed by atoms with Gasteiger partial charge < -0.3 is 14.6 Å². The molecule has 82 valence electrons. The summed E-state index contributed by atoms with van der Waals surface area (Å²) in [6.07, 6.45) is 2.86. The lowest BCUT2D eigenvalue weighted by Crippen LogP contribution is -2.24. The van der Waals surface area contributed by atoms with E-state index in [1.54, 1.807) is 12.1 Å². The number of ether oxygens (including phenoxy) is 2. The normalized spacial score (nSPS) is 21.3. The van der Waals surface area contributed by atoms with Crippen LogP contribution in [0.5, 0.6) is 11.5 Å². The summed E-state index contributed by atoms with van der Waals surface area (Å²) in [5, 5.41) is 9.70. The van der Waals surface area contributed by atoms with Crippen LogP contribution in [0.25, 0.3) is 0 Å². The van der Waals surface area contributed by atoms with Crippen molar-refractivity contribution in [3.05, 3.63) is 22.7 Å². The van der Waals surface area contributed by atoms with Crippen molar-refractivity contribution < 1.29 is 14.6 Å². The van der Waals surface area contributed by atoms with Crippen molar-refractivity contribution in [3.8, 4) is 11.5 Å². The van der Waals surface area contributed by atoms with Crippen LogP contribution in [0.1, 0.15) is 19.3 Å². The molecule has 0 aromatic heterocycles. The molecule has 0 bridgehead atoms. The van der Waals surface area contributed by atoms with Crippen molar-refractivity contribution in [2.24, 2.45) is 0 Å². The van der Waals surface area contributed by atoms with Gasteiger partial charge >= 0.3 is 0 Å². The van der Waals surface area contributed by atoms with E-state index in [1.165, 1.54) is 0 Å². The molecule has 1 aromatic carbocycles. The Morgan fingerprint density at radius 3 is 3.00 bits per heavy atom. The molecule has 15 heavy (non-hydrogen) atoms. The Labute approximate surface area is 97.1 Å². The first-order chi connectivity index (χ1) is 7.27. The maximum atomic E-state index is 9.70. The van der Waals surface area contributed by atoms with Gasteiger partial charge in [-0.15, -0.1) is 0 Å². The van der Waals surface area contributed by atoms with Gasteiger partial charge in [0.25, 0.3) is 0 Å². The van der Waals surface area contributed by atoms with Crippen molar-refractivity contribution in [1.29, 1.82) is 0 Å². The van der Waals surface area contributed by atoms with Crippen LogP contribution in [-0.2, 0) is 4.74 Å². The number of rotatable bonds is 2. The molecule has 1 unspecified atom stereocenters. The molecule has 3 nitrogen and oxygen atoms in total. The molecule has 0 saturated carbocycles. The molecule has 1 aliphatic rings. The van der Waals surface area contributed by atoms with Crippen molar-refractivity contribution in [1.82, 2.24) is 0 Å². The van der Waals surface area contributed by atoms with E-state index in [9.17, 15) is 5.11 Å². The monoisotopic (exact) mass is 272 g/mol. The van der Waals surface area contributed by atoms with E-state index in [-0.39, 0.29) is 12.0 Å². The highest BCUT2D eigenvalue weighted by Gasteiger charge is 2.17. The highest BCUT2D eigenvalue weighted by Crippen LogP contribution is 2.34. The molecule has 1 saturated heterocycles. The highest BCUT2D eigenvalue weighted by atomic mass is 79.9. The van der Waals surface area contributed by atoms with E-state index in [0.29, 0.717) is 10.2 Å². The van der Waals surface area contributed by atoms with Crippen LogP contribution in [-0.4, -0.2) is 18.0 Å². The van der Waals surface area contributed by atoms with E-state index >= 15 is 0 Å². The minimum Gasteiger partial charge on any atom is -0.503 e. The van der Waals surface area contributed by atoms with Crippen molar-refractivity contribution in [3.63, 3.8) is 0 Å². The number of para-hydroxylation sites is 1. The maximum absolute atomic E-state index is 9.70. The van der Waals surface area contributed by atoms with Gasteiger partial charge in [0.15, 0.2) is 17.8 Å². The Balaban J connectivity index is 2.06. The molecule has 0 spiro atoms. The number of hydrogen-bond acceptors (Lipinski definition) is 3. The fourth-order valence-corrected chi connectivity index (χ4v) is 1.88. The molecule has 0 radical (unpaired) electrons. The molecule has 1 aliphatic heterocycles. The van der Waals surface area contributed by atoms with Gasteiger partial charge in [-0.1, -0.05) is 6.07 Å². The first-order valence-electron chi connectivity index (χ1n) is 5.03. The Kier molecular flexibility index (Phi) is 3.49. The quantitative estimate of drug-likeness (QED) is 0.900. The third-order valence-electron chi connectivity index (χ3n) is 2.35. The second-order valence-corrected chi connectivity index (χ2v) is 4.35. The third kappa shape index (κ3) is 2.63. The average Bonchev–Trinajstić information content (AvgIpc) is 2.26. The summed E-state index contributed by atoms with van der Waals surface area (Å²) in [4.78, 5) is 0. The van der Waals surface area contributed by atoms with Crippen LogP contribution in [0.15, 0.2) is 22.7 Å². The van der Waals surface area contributed by atoms with Crippen LogP contribution in [0.3, 0.4) is 0 Å². The van der Waals surface area contributed by atoms with E-state index in [4.69, 9.17) is 9.47 Å². The summed E-state index contributed by atoms with van der Waals surface area (Å²) in [5.74, 6) is 0.600. The second kappa shape index (κ2) is 4.86. The third-order valence-corrected chi connectivity index (χ3v) is 2.99. The number of aromatic hydroxyl groups is 1. The number of hydrogen-bond donors (Lipinski definition) is 1. The predicted molar refractivity (Wildman–Crippen MR) is 60.0 cm³/mol. The molecule has 1 N–H and O–H groups in total. The van der Waals surface area contributed by atoms with Crippen molar-refractivity contribution >= 4 is 15.9 Å². The fraction of sp³-hybridized carbons (Fsp3) is 0.455. The lowest BCUT2D eigenvalue weighted by molar-refractivity contribution is -0.106. The van der Waals surface area contributed by atoms with Crippen molar-refractivity contribution in [2.75, 3.05) is 6.61 Å². The molecule has 1 atom stereocenters. The topological polar surface area (TPSA) is 38.7 Å². The molecule has 2 rings (SSSR count). The fourth-order valence-electron chi connectivity index (χ4n) is 1.54. The molecule has 1 aromatic rings. The summed E-state index contributed by atoms with van der Waals surface area (Å²) in [6.45, 7) is 0.736. The zero-order valence-electron chi connectivity index (χ0n) is 8.28. The second-order valence-electron chi connectivity index (χ2n) is 3.50. The largest absolute Gasteiger partial charge is 0.503 e. The number of halogens is 1. The lowest BCUT2D eigenvalue weighted by atomic mass is 10.2. The van der Waals surface area contributed by atoms with Crippen LogP contribution < -0.4 is 4.74 Å². The first-order valence-corrected chi connectivity index (χ1v) is 5.82. The molecule has 1 fully saturated rings. The van der Waals surface area contributed by atoms with Gasteiger partial charge in [-0.25, -0.2) is 0 Å². The Morgan fingerprint density at radius 2 is 2.27 bits per heavy atom. The van der Waals surface area contributed by atoms with Gasteiger partial charge in [-0.2, -0.15) is 0 Å². The van der Waals surface area contributed by atoms with Crippen molar-refractivity contribution in [2.45, 2.75) is 25.6 Å². The summed E-state index contributed by atoms with van der Waals surface area (Å²) in [7, 11) is 0. The Hall–Kier alpha value is -0.740. The van der Waals surface area contributed by atoms with E-state index in [2.05, 4.69) is 15.9 Å². The maximum Gasteiger partial charge on any atom is 0.200 e. The van der Waals surface area contributed by atoms with Gasteiger partial charge in [-0.05, 0) is 40.9 Å². The summed E-state index contributed by atoms with van der Waals surface area (Å²) in [6, 6.07) is 5.32. The summed E-state index contributed by atoms with van der Waals surface area (Å²) < 4.78 is 11.6. The summed E-state index contributed by atoms with van der Waals surface area (Å²) in [5.41, 5.74) is 0. The van der Waals surface area contributed by atoms with Crippen LogP contribution in [0.2, 0.25) is 0 Å². The molecule has 0 amide bonds. The van der Waals surface area contributed by atoms with E-state index < -0.39 is 0 Å². The molecular weight excluding hydrogens is 260 g/mol. The van der Waals surface area contributed by atoms with Crippen LogP contribution in [0.4, 0.5) is 0 Å². The summed E-state index contributed by atoms with van der Waals surface area (Å²) >= 11 is 3.24. The van der Waals surface area contributed by atoms with Gasteiger partial charge in [0, 0.05) is 6.42 Å². The Bertz CT molecular complexity index is 335. The SMILES string of the molecule is Oc1c(Br)cccc1OC1CCCCO1. The zero-order chi connectivity index (χ0) is 10.7. The van der Waals surface area contributed by atoms with Gasteiger partial charge in [0.1, 0.15) is 0 Å². The molecule has 0 aliphatic carbocycles. The number of phenols is 1. The first kappa shape index (κ1) is 10.8. The number of phenolic OH excluding ortho intramolecular Hbond substituents is 1. The van der Waals surface area contributed by atoms with E-state index in [0.717, 1.165) is 25.9 Å². The molecular formula is C11H13BrO3. The minimum absolute atomic E-state index is 0.131. The predicted octanol–water partition coefficient (Wildman–Crippen LogP) is 3.06. The lowest BCUT2D eigenvalue weighted by Gasteiger charge is -2.23. The average molecular weight is 273 g/mol. The zero-order valence-corrected chi connectivity index (χ0v) is 9.87. The number of benzene rings is 1. The minimum atomic E-state index is -0.223. The molecule has 4 heteroatoms. The van der Waals surface area contributed by atoms with Gasteiger partial charge in [0.05, 0.1) is 11.1 Å². The highest BCUT2D eigenvalue weighted by molar-refractivity contribution is 9.10. The Morgan fingerprint density at radius 1 is 1.40 bits per heavy atom. The van der Waals surface area contributed by atoms with Gasteiger partial charge in [0.2, 0.25) is 0 Å². The molecule has 1 heterocycles. The van der Waals surface area contributed by atoms with Crippen LogP contribution in [0, 0.1) is 0 Å². The van der Waals surface area contributed by atoms with E-state index in [1.807, 2.05) is 6.07 Å². The van der Waals surface area contributed by atoms with Gasteiger partial charge in [-0.3, -0.25) is 0 Å². The smallest absolute Gasteiger partial charge is 0.200 e. The standard InChI is InChI=1S/C11H13BrO3/c12-8-4-3-5-9(11(8)13)15-10-6-1-2-7-14-10/h3-5,10,13H,1-2,6-7H2. The van der Waals surface area contributed by atoms with Crippen LogP contribution >= 0.6 is 15.9 Å².